The van der Waals surface area contributed by atoms with Crippen LogP contribution in [0.2, 0.25) is 0 Å². The summed E-state index contributed by atoms with van der Waals surface area (Å²) in [5.41, 5.74) is -0.365. The van der Waals surface area contributed by atoms with Gasteiger partial charge in [0.2, 0.25) is 11.5 Å². The molecule has 1 N–H and O–H groups in total. The number of aliphatic hydroxyl groups is 1. The monoisotopic (exact) mass is 233 g/mol. The van der Waals surface area contributed by atoms with Crippen LogP contribution in [0.25, 0.3) is 0 Å². The minimum absolute atomic E-state index is 0.310. The Hall–Kier alpha value is -1.61. The van der Waals surface area contributed by atoms with Crippen LogP contribution in [0.15, 0.2) is 42.5 Å². The van der Waals surface area contributed by atoms with Crippen LogP contribution in [0.3, 0.4) is 0 Å². The molecule has 3 nitrogen and oxygen atoms in total. The molecule has 0 aliphatic carbocycles. The van der Waals surface area contributed by atoms with E-state index in [1.807, 2.05) is 30.3 Å². The summed E-state index contributed by atoms with van der Waals surface area (Å²) in [6.45, 7) is 7.00. The highest BCUT2D eigenvalue weighted by atomic mass is 16.3. The molecule has 0 radical (unpaired) electrons. The van der Waals surface area contributed by atoms with Crippen LogP contribution < -0.4 is 4.90 Å². The molecule has 1 rings (SSSR count). The highest BCUT2D eigenvalue weighted by Gasteiger charge is 2.38. The first-order valence-corrected chi connectivity index (χ1v) is 5.65. The summed E-state index contributed by atoms with van der Waals surface area (Å²) < 4.78 is 0. The Morgan fingerprint density at radius 3 is 2.35 bits per heavy atom. The van der Waals surface area contributed by atoms with E-state index < -0.39 is 5.72 Å². The average molecular weight is 233 g/mol. The largest absolute Gasteiger partial charge is 0.364 e. The Balaban J connectivity index is 3.10. The number of anilines is 1. The van der Waals surface area contributed by atoms with Gasteiger partial charge < -0.3 is 10.0 Å². The molecule has 1 atom stereocenters. The fourth-order valence-corrected chi connectivity index (χ4v) is 1.76. The lowest BCUT2D eigenvalue weighted by atomic mass is 9.98. The molecule has 3 heteroatoms. The molecule has 1 unspecified atom stereocenters. The quantitative estimate of drug-likeness (QED) is 0.627. The molecule has 0 aliphatic rings. The smallest absolute Gasteiger partial charge is 0.210 e. The molecule has 0 bridgehead atoms. The Kier molecular flexibility index (Phi) is 4.07. The number of benzene rings is 1. The van der Waals surface area contributed by atoms with Crippen LogP contribution in [-0.2, 0) is 4.79 Å². The van der Waals surface area contributed by atoms with Gasteiger partial charge in [-0.05, 0) is 24.6 Å². The second kappa shape index (κ2) is 5.15. The molecule has 1 aromatic carbocycles. The molecule has 0 amide bonds. The Morgan fingerprint density at radius 2 is 1.94 bits per heavy atom. The molecule has 0 saturated heterocycles. The molecule has 17 heavy (non-hydrogen) atoms. The maximum Gasteiger partial charge on any atom is 0.210 e. The maximum atomic E-state index is 12.0. The van der Waals surface area contributed by atoms with Crippen LogP contribution in [-0.4, -0.2) is 23.7 Å². The number of rotatable bonds is 5. The fraction of sp³-hybridized carbons (Fsp3) is 0.357. The SMILES string of the molecule is C=C(C)C(=O)C(O)(CC)N(C)c1ccccc1. The number of hydrogen-bond donors (Lipinski definition) is 1. The van der Waals surface area contributed by atoms with Gasteiger partial charge in [0.25, 0.3) is 0 Å². The minimum Gasteiger partial charge on any atom is -0.364 e. The lowest BCUT2D eigenvalue weighted by molar-refractivity contribution is -0.133. The maximum absolute atomic E-state index is 12.0. The van der Waals surface area contributed by atoms with Crippen molar-refractivity contribution in [2.45, 2.75) is 26.0 Å². The van der Waals surface area contributed by atoms with Crippen molar-refractivity contribution in [3.05, 3.63) is 42.5 Å². The number of Topliss-reactive ketones (excluding diaryl/α,β-unsaturated/α-hetero) is 1. The first kappa shape index (κ1) is 13.5. The van der Waals surface area contributed by atoms with Gasteiger partial charge in [-0.2, -0.15) is 0 Å². The van der Waals surface area contributed by atoms with Crippen LogP contribution in [0.1, 0.15) is 20.3 Å². The summed E-state index contributed by atoms with van der Waals surface area (Å²) in [4.78, 5) is 13.6. The number of carbonyl (C=O) groups is 1. The van der Waals surface area contributed by atoms with Crippen LogP contribution in [0.4, 0.5) is 5.69 Å². The summed E-state index contributed by atoms with van der Waals surface area (Å²) in [6, 6.07) is 9.34. The van der Waals surface area contributed by atoms with E-state index in [1.54, 1.807) is 25.8 Å². The average Bonchev–Trinajstić information content (AvgIpc) is 2.36. The van der Waals surface area contributed by atoms with Crippen LogP contribution >= 0.6 is 0 Å². The van der Waals surface area contributed by atoms with E-state index in [0.717, 1.165) is 5.69 Å². The summed E-state index contributed by atoms with van der Waals surface area (Å²) in [7, 11) is 1.71. The normalized spacial score (nSPS) is 13.9. The molecular formula is C14H19NO2. The van der Waals surface area contributed by atoms with Gasteiger partial charge in [0.15, 0.2) is 0 Å². The Morgan fingerprint density at radius 1 is 1.41 bits per heavy atom. The van der Waals surface area contributed by atoms with E-state index in [9.17, 15) is 9.90 Å². The van der Waals surface area contributed by atoms with Gasteiger partial charge >= 0.3 is 0 Å². The first-order chi connectivity index (χ1) is 7.93. The molecule has 0 saturated carbocycles. The van der Waals surface area contributed by atoms with Gasteiger partial charge in [-0.3, -0.25) is 4.79 Å². The van der Waals surface area contributed by atoms with Gasteiger partial charge in [0, 0.05) is 19.2 Å². The number of nitrogens with zero attached hydrogens (tertiary/aromatic N) is 1. The van der Waals surface area contributed by atoms with Gasteiger partial charge in [-0.1, -0.05) is 31.7 Å². The number of hydrogen-bond acceptors (Lipinski definition) is 3. The van der Waals surface area contributed by atoms with E-state index in [0.29, 0.717) is 12.0 Å². The topological polar surface area (TPSA) is 40.5 Å². The fourth-order valence-electron chi connectivity index (χ4n) is 1.76. The molecule has 92 valence electrons. The van der Waals surface area contributed by atoms with Crippen molar-refractivity contribution in [3.63, 3.8) is 0 Å². The predicted octanol–water partition coefficient (Wildman–Crippen LogP) is 2.37. The predicted molar refractivity (Wildman–Crippen MR) is 69.9 cm³/mol. The molecule has 0 aliphatic heterocycles. The third kappa shape index (κ3) is 2.56. The second-order valence-electron chi connectivity index (χ2n) is 4.17. The van der Waals surface area contributed by atoms with Crippen LogP contribution in [0.5, 0.6) is 0 Å². The number of likely N-dealkylation sites (N-methyl/N-ethyl adjacent to an activating group) is 1. The van der Waals surface area contributed by atoms with E-state index in [-0.39, 0.29) is 5.78 Å². The zero-order valence-electron chi connectivity index (χ0n) is 10.6. The van der Waals surface area contributed by atoms with E-state index in [2.05, 4.69) is 6.58 Å². The summed E-state index contributed by atoms with van der Waals surface area (Å²) >= 11 is 0. The Bertz CT molecular complexity index is 413. The van der Waals surface area contributed by atoms with Crippen molar-refractivity contribution in [1.29, 1.82) is 0 Å². The number of carbonyl (C=O) groups excluding carboxylic acids is 1. The molecule has 1 aromatic rings. The molecule has 0 aromatic heterocycles. The van der Waals surface area contributed by atoms with Gasteiger partial charge in [0.05, 0.1) is 0 Å². The minimum atomic E-state index is -1.52. The lowest BCUT2D eigenvalue weighted by Crippen LogP contribution is -2.53. The highest BCUT2D eigenvalue weighted by Crippen LogP contribution is 2.25. The van der Waals surface area contributed by atoms with Crippen molar-refractivity contribution in [3.8, 4) is 0 Å². The van der Waals surface area contributed by atoms with Crippen molar-refractivity contribution >= 4 is 11.5 Å². The summed E-state index contributed by atoms with van der Waals surface area (Å²) in [5, 5.41) is 10.5. The van der Waals surface area contributed by atoms with Crippen molar-refractivity contribution in [1.82, 2.24) is 0 Å². The van der Waals surface area contributed by atoms with Gasteiger partial charge in [0.1, 0.15) is 0 Å². The zero-order chi connectivity index (χ0) is 13.1. The van der Waals surface area contributed by atoms with E-state index >= 15 is 0 Å². The second-order valence-corrected chi connectivity index (χ2v) is 4.17. The Labute approximate surface area is 102 Å². The number of ketones is 1. The van der Waals surface area contributed by atoms with Crippen molar-refractivity contribution in [2.24, 2.45) is 0 Å². The third-order valence-electron chi connectivity index (χ3n) is 2.94. The number of para-hydroxylation sites is 1. The van der Waals surface area contributed by atoms with Gasteiger partial charge in [-0.25, -0.2) is 0 Å². The zero-order valence-corrected chi connectivity index (χ0v) is 10.6. The van der Waals surface area contributed by atoms with Crippen molar-refractivity contribution < 1.29 is 9.90 Å². The molecule has 0 heterocycles. The van der Waals surface area contributed by atoms with Gasteiger partial charge in [-0.15, -0.1) is 0 Å². The summed E-state index contributed by atoms with van der Waals surface area (Å²) in [6.07, 6.45) is 0.310. The molecule has 0 spiro atoms. The lowest BCUT2D eigenvalue weighted by Gasteiger charge is -2.36. The van der Waals surface area contributed by atoms with E-state index in [4.69, 9.17) is 0 Å². The summed E-state index contributed by atoms with van der Waals surface area (Å²) in [5.74, 6) is -0.341. The standard InChI is InChI=1S/C14H19NO2/c1-5-14(17,13(16)11(2)3)15(4)12-9-7-6-8-10-12/h6-10,17H,2,5H2,1,3-4H3. The van der Waals surface area contributed by atoms with Crippen molar-refractivity contribution in [2.75, 3.05) is 11.9 Å². The van der Waals surface area contributed by atoms with Crippen LogP contribution in [0, 0.1) is 0 Å². The first-order valence-electron chi connectivity index (χ1n) is 5.65. The molecular weight excluding hydrogens is 214 g/mol. The highest BCUT2D eigenvalue weighted by molar-refractivity contribution is 6.02. The molecule has 0 fully saturated rings. The third-order valence-corrected chi connectivity index (χ3v) is 2.94. The van der Waals surface area contributed by atoms with E-state index in [1.165, 1.54) is 0 Å².